The summed E-state index contributed by atoms with van der Waals surface area (Å²) in [5, 5.41) is 0. The molecule has 134 heavy (non-hydrogen) atoms. The van der Waals surface area contributed by atoms with Gasteiger partial charge in [-0.25, -0.2) is 24.3 Å². The van der Waals surface area contributed by atoms with Crippen LogP contribution in [0.25, 0.3) is 0 Å². The van der Waals surface area contributed by atoms with Gasteiger partial charge in [0.25, 0.3) is 0 Å². The maximum Gasteiger partial charge on any atom is 4.00 e. The van der Waals surface area contributed by atoms with Crippen LogP contribution in [0.15, 0.2) is 104 Å². The third-order valence-electron chi connectivity index (χ3n) is 4.62. The number of unbranched alkanes of at least 4 members (excludes halogenated alkanes) is 7. The van der Waals surface area contributed by atoms with Crippen molar-refractivity contribution < 1.29 is 480 Å². The smallest absolute Gasteiger partial charge is 2.00 e. The number of carbonyl (C=O) groups excluding carboxylic acids is 20. The van der Waals surface area contributed by atoms with Crippen molar-refractivity contribution in [1.29, 1.82) is 0 Å². The van der Waals surface area contributed by atoms with E-state index in [2.05, 4.69) is 132 Å². The third kappa shape index (κ3) is 1670. The molecule has 0 fully saturated rings. The van der Waals surface area contributed by atoms with Gasteiger partial charge in [-0.3, -0.25) is 25.3 Å². The van der Waals surface area contributed by atoms with Crippen molar-refractivity contribution in [2.45, 2.75) is 126 Å². The van der Waals surface area contributed by atoms with Crippen LogP contribution in [-0.2, 0) is 309 Å². The Morgan fingerprint density at radius 1 is 0.313 bits per heavy atom. The van der Waals surface area contributed by atoms with Gasteiger partial charge < -0.3 is 385 Å². The first-order valence-corrected chi connectivity index (χ1v) is 23.2. The fourth-order valence-corrected chi connectivity index (χ4v) is 2.52. The number of hydrogen-bond acceptors (Lipinski definition) is 20. The van der Waals surface area contributed by atoms with E-state index in [-0.39, 0.29) is 735 Å². The number of carbonyl (C=O) groups is 20. The third-order valence-corrected chi connectivity index (χ3v) is 4.62. The monoisotopic (exact) mass is 3130 g/mol. The minimum atomic E-state index is 0. The average molecular weight is 3140 g/mol. The molecule has 2 aromatic rings. The van der Waals surface area contributed by atoms with Crippen LogP contribution in [0.5, 0.6) is 0 Å². The zero-order valence-corrected chi connectivity index (χ0v) is 127. The Hall–Kier alpha value is 10.2. The van der Waals surface area contributed by atoms with Gasteiger partial charge in [-0.05, 0) is 0 Å². The van der Waals surface area contributed by atoms with Crippen LogP contribution in [0.2, 0.25) is 0 Å². The zero-order valence-electron chi connectivity index (χ0n) is 79.3. The molecule has 0 bridgehead atoms. The van der Waals surface area contributed by atoms with Crippen molar-refractivity contribution in [3.8, 4) is 0 Å². The van der Waals surface area contributed by atoms with Gasteiger partial charge in [-0.1, -0.05) is 93.4 Å². The summed E-state index contributed by atoms with van der Waals surface area (Å²) in [6.45, 7) is 83.4. The second kappa shape index (κ2) is 1150. The van der Waals surface area contributed by atoms with E-state index in [4.69, 9.17) is 95.9 Å². The van der Waals surface area contributed by atoms with Crippen LogP contribution in [0.1, 0.15) is 124 Å². The molecule has 0 spiro atoms. The Balaban J connectivity index is -0.00000000424. The molecule has 0 unspecified atom stereocenters. The Morgan fingerprint density at radius 2 is 0.448 bits per heavy atom. The largest absolute Gasteiger partial charge is 4.00 e. The molecule has 30 nitrogen and oxygen atoms in total. The molecule has 0 atom stereocenters. The molecule has 0 heterocycles. The van der Waals surface area contributed by atoms with E-state index in [1.165, 1.54) is 50.5 Å². The van der Waals surface area contributed by atoms with Crippen molar-refractivity contribution in [3.05, 3.63) is 197 Å². The van der Waals surface area contributed by atoms with E-state index in [1.807, 2.05) is 222 Å². The number of aryl methyl sites for hydroxylation is 1. The molecule has 0 aliphatic heterocycles. The van der Waals surface area contributed by atoms with Gasteiger partial charge in [0.1, 0.15) is 136 Å². The van der Waals surface area contributed by atoms with E-state index in [1.54, 1.807) is 0 Å². The van der Waals surface area contributed by atoms with Crippen LogP contribution in [0, 0.1) is 99.8 Å². The summed E-state index contributed by atoms with van der Waals surface area (Å²) in [7, 11) is 0. The summed E-state index contributed by atoms with van der Waals surface area (Å²) in [5.41, 5.74) is 1.54. The van der Waals surface area contributed by atoms with Gasteiger partial charge in [-0.2, -0.15) is 109 Å². The molecule has 0 saturated heterocycles. The molecule has 2 aliphatic carbocycles. The Morgan fingerprint density at radius 3 is 0.507 bits per heavy atom. The topological polar surface area (TPSA) is 626 Å². The molecule has 0 amide bonds. The summed E-state index contributed by atoms with van der Waals surface area (Å²) in [4.78, 5) is 160. The van der Waals surface area contributed by atoms with Crippen molar-refractivity contribution in [1.82, 2.24) is 0 Å². The summed E-state index contributed by atoms with van der Waals surface area (Å²) in [6.07, 6.45) is 32.6. The number of allylic oxidation sites excluding steroid dienone is 8. The van der Waals surface area contributed by atoms with Crippen LogP contribution < -0.4 is 171 Å². The quantitative estimate of drug-likeness (QED) is 0.107. The van der Waals surface area contributed by atoms with Crippen LogP contribution in [0.4, 0.5) is 0 Å². The Kier molecular flexibility index (Phi) is 4860. The van der Waals surface area contributed by atoms with Crippen molar-refractivity contribution in [2.75, 3.05) is 0 Å². The second-order valence-electron chi connectivity index (χ2n) is 11.2. The molecule has 2 aliphatic rings. The second-order valence-corrected chi connectivity index (χ2v) is 11.2. The van der Waals surface area contributed by atoms with E-state index in [0.29, 0.717) is 0 Å². The molecular formula is C71H123Br5Cl5IMg14Mn5O30WZr2+2. The number of hydrogen-bond donors (Lipinski definition) is 0. The van der Waals surface area contributed by atoms with Gasteiger partial charge in [0.2, 0.25) is 0 Å². The minimum absolute atomic E-state index is 0. The Bertz CT molecular complexity index is 1250. The van der Waals surface area contributed by atoms with Crippen LogP contribution in [-0.4, -0.2) is 459 Å². The molecule has 739 valence electrons. The molecular weight excluding hydrogens is 3020 g/mol. The summed E-state index contributed by atoms with van der Waals surface area (Å²) in [5.74, 6) is 0. The fourth-order valence-electron chi connectivity index (χ4n) is 2.52. The van der Waals surface area contributed by atoms with Crippen LogP contribution >= 0.6 is 0 Å². The first kappa shape index (κ1) is 567. The van der Waals surface area contributed by atoms with E-state index < -0.39 is 0 Å². The molecule has 63 heteroatoms. The molecule has 4 rings (SSSR count). The van der Waals surface area contributed by atoms with Gasteiger partial charge in [0, 0.05) is 21.1 Å². The standard InChI is InChI=1S/C8H17.C7H7.C6H5.2C5H5.2C5H11.C3H7.2C2H3.20CH2O.3CH3.5BrH.5ClH.HI.14Mg.5Mn.10O.W.2Zr/c1-3-5-7-8-6-4-2;1-7-5-3-2-4-6-7;1-2-4-6-5-3-1;2*1-2-4-5-3-1;1-5(2,3)4;1-3-5-4-2;1-3-2;22*1-2;;;;;;;;;;;;;;;;;;;;;;;;;;;;;;;;;;;;;;;;;;;;;;/h1,3-8H2,2H3;3-6H,1H3;1-5H;2*1-3H,4H2;1H2,2-4H3;1,3-5H2,2H3;1,3H2,2H3;2*1H,2H2;20*1H2;3*1H3;11*1H;;;;;;;;;;;;;;;;;;;;;;;;;;;;;;;;/q10*-1;;;;;;;;;;;;;;;;;;;;;3*-1;;;;;;;;;;;;19*+2;10*-2;;2*+4/p-11. The summed E-state index contributed by atoms with van der Waals surface area (Å²) in [6, 6.07) is 23.3. The average Bonchev–Trinajstić information content (AvgIpc) is 1.75. The van der Waals surface area contributed by atoms with Gasteiger partial charge >= 0.3 is 460 Å². The zero-order chi connectivity index (χ0) is 78.0. The summed E-state index contributed by atoms with van der Waals surface area (Å²) < 4.78 is 0. The van der Waals surface area contributed by atoms with Gasteiger partial charge in [0.05, 0.1) is 0 Å². The Labute approximate surface area is 1240 Å². The van der Waals surface area contributed by atoms with Crippen molar-refractivity contribution in [2.24, 2.45) is 5.41 Å². The predicted molar refractivity (Wildman–Crippen MR) is 471 cm³/mol. The molecule has 0 saturated carbocycles. The molecule has 0 aromatic heterocycles. The number of benzene rings is 2. The predicted octanol–water partition coefficient (Wildman–Crippen LogP) is -26.4. The molecule has 5 radical (unpaired) electrons. The minimum Gasteiger partial charge on any atom is -2.00 e. The number of halogens is 11. The first-order chi connectivity index (χ1) is 43.1. The maximum atomic E-state index is 8.00. The fraction of sp³-hybridized carbons (Fsp3) is 0.282. The summed E-state index contributed by atoms with van der Waals surface area (Å²) >= 11 is 0. The molecule has 0 N–H and O–H groups in total. The van der Waals surface area contributed by atoms with Crippen molar-refractivity contribution >= 4 is 459 Å². The normalized spacial score (nSPS) is 4.26. The van der Waals surface area contributed by atoms with E-state index in [0.717, 1.165) is 32.1 Å². The van der Waals surface area contributed by atoms with Gasteiger partial charge in [0.15, 0.2) is 0 Å². The first-order valence-electron chi connectivity index (χ1n) is 23.2. The maximum absolute atomic E-state index is 8.00. The SMILES string of the molecule is C=O.C=O.C=O.C=O.C=O.C=O.C=O.C=O.C=O.C=O.C=O.C=O.C=O.C=O.C=O.C=O.C=O.C=O.C=O.C=O.Cc1cc[c-]cc1.[Br-].[Br-].[Br-].[Br-].[Br-].[C-]1=CC=CC1.[C-]1=CC=CC1.[CH-]=C.[CH-]=C.[CH2-]C(C)(C)C.[CH2-]CC.[CH2-]CCCC.[CH2-]CCCCCCC.[CH3-].[CH3-].[CH3-].[Cl-].[Cl-].[Cl-].[Cl-].[Cl-].[I-].[Mg+2].[Mg+2].[Mg+2].[Mg+2].[Mg+2].[Mg+2].[Mg+2].[Mg+2].[Mg+2].[Mg+2].[Mg+2].[Mg+2].[Mg+2].[Mg+2].[Mn+2].[Mn+2].[Mn+2].[Mn+2].[Mn+2].[O-2].[O-2].[O-2].[O-2].[O-2].[O-2].[O-2].[O-2].[O-2].[O-2].[W].[Zr+4].[Zr+4].[c-]1ccccc1. The van der Waals surface area contributed by atoms with Crippen LogP contribution in [0.3, 0.4) is 0 Å². The van der Waals surface area contributed by atoms with Crippen molar-refractivity contribution in [3.63, 3.8) is 0 Å². The van der Waals surface area contributed by atoms with E-state index in [9.17, 15) is 0 Å². The van der Waals surface area contributed by atoms with E-state index >= 15 is 0 Å². The van der Waals surface area contributed by atoms with Gasteiger partial charge in [-0.15, -0.1) is 12.8 Å². The molecule has 2 aromatic carbocycles. The number of rotatable bonds is 7.